The summed E-state index contributed by atoms with van der Waals surface area (Å²) in [6.45, 7) is 0.0386. The first kappa shape index (κ1) is 17.4. The maximum atomic E-state index is 12.4. The fourth-order valence-electron chi connectivity index (χ4n) is 2.88. The van der Waals surface area contributed by atoms with Crippen LogP contribution in [0.1, 0.15) is 28.8 Å². The van der Waals surface area contributed by atoms with Crippen molar-refractivity contribution in [2.24, 2.45) is 5.92 Å². The van der Waals surface area contributed by atoms with Crippen LogP contribution in [0.5, 0.6) is 0 Å². The van der Waals surface area contributed by atoms with E-state index < -0.39 is 16.4 Å². The van der Waals surface area contributed by atoms with Gasteiger partial charge in [0.2, 0.25) is 0 Å². The van der Waals surface area contributed by atoms with Gasteiger partial charge in [-0.05, 0) is 36.5 Å². The molecule has 1 saturated carbocycles. The standard InChI is InChI=1S/C18H17ClN2O4/c19-15-9-6-12(10-16(15)21(24)25)17(22)20-11-18(23,14-7-8-14)13-4-2-1-3-5-13/h1-6,9-10,14,23H,7-8,11H2,(H,20,22). The Morgan fingerprint density at radius 3 is 2.56 bits per heavy atom. The normalized spacial score (nSPS) is 16.1. The number of nitro groups is 1. The van der Waals surface area contributed by atoms with Crippen LogP contribution in [0.2, 0.25) is 5.02 Å². The van der Waals surface area contributed by atoms with E-state index in [9.17, 15) is 20.0 Å². The van der Waals surface area contributed by atoms with Gasteiger partial charge in [-0.2, -0.15) is 0 Å². The Morgan fingerprint density at radius 1 is 1.28 bits per heavy atom. The molecule has 0 bridgehead atoms. The molecule has 2 N–H and O–H groups in total. The number of benzene rings is 2. The second-order valence-electron chi connectivity index (χ2n) is 6.17. The monoisotopic (exact) mass is 360 g/mol. The highest BCUT2D eigenvalue weighted by molar-refractivity contribution is 6.32. The molecule has 1 aliphatic carbocycles. The van der Waals surface area contributed by atoms with E-state index in [1.807, 2.05) is 30.3 Å². The molecule has 1 amide bonds. The summed E-state index contributed by atoms with van der Waals surface area (Å²) in [5, 5.41) is 24.7. The van der Waals surface area contributed by atoms with Gasteiger partial charge in [-0.25, -0.2) is 0 Å². The van der Waals surface area contributed by atoms with Crippen LogP contribution in [0, 0.1) is 16.0 Å². The van der Waals surface area contributed by atoms with E-state index in [2.05, 4.69) is 5.32 Å². The summed E-state index contributed by atoms with van der Waals surface area (Å²) in [4.78, 5) is 22.7. The van der Waals surface area contributed by atoms with Gasteiger partial charge in [-0.3, -0.25) is 14.9 Å². The fraction of sp³-hybridized carbons (Fsp3) is 0.278. The highest BCUT2D eigenvalue weighted by Gasteiger charge is 2.45. The van der Waals surface area contributed by atoms with Crippen molar-refractivity contribution in [2.45, 2.75) is 18.4 Å². The van der Waals surface area contributed by atoms with Crippen molar-refractivity contribution in [1.29, 1.82) is 0 Å². The Kier molecular flexibility index (Phi) is 4.74. The molecule has 0 heterocycles. The number of hydrogen-bond donors (Lipinski definition) is 2. The molecule has 7 heteroatoms. The highest BCUT2D eigenvalue weighted by Crippen LogP contribution is 2.45. The third-order valence-electron chi connectivity index (χ3n) is 4.45. The summed E-state index contributed by atoms with van der Waals surface area (Å²) in [7, 11) is 0. The molecular weight excluding hydrogens is 344 g/mol. The zero-order valence-electron chi connectivity index (χ0n) is 13.3. The molecule has 25 heavy (non-hydrogen) atoms. The number of nitro benzene ring substituents is 1. The zero-order chi connectivity index (χ0) is 18.0. The maximum absolute atomic E-state index is 12.4. The van der Waals surface area contributed by atoms with Crippen LogP contribution in [-0.2, 0) is 5.60 Å². The number of nitrogens with one attached hydrogen (secondary N) is 1. The lowest BCUT2D eigenvalue weighted by atomic mass is 9.88. The van der Waals surface area contributed by atoms with Crippen molar-refractivity contribution < 1.29 is 14.8 Å². The van der Waals surface area contributed by atoms with Gasteiger partial charge >= 0.3 is 0 Å². The van der Waals surface area contributed by atoms with Gasteiger partial charge in [-0.1, -0.05) is 41.9 Å². The lowest BCUT2D eigenvalue weighted by Crippen LogP contribution is -2.42. The van der Waals surface area contributed by atoms with Crippen molar-refractivity contribution >= 4 is 23.2 Å². The van der Waals surface area contributed by atoms with Crippen LogP contribution >= 0.6 is 11.6 Å². The molecule has 0 saturated heterocycles. The first-order chi connectivity index (χ1) is 11.9. The van der Waals surface area contributed by atoms with Crippen LogP contribution in [-0.4, -0.2) is 22.5 Å². The predicted octanol–water partition coefficient (Wildman–Crippen LogP) is 3.28. The summed E-state index contributed by atoms with van der Waals surface area (Å²) in [5.74, 6) is -0.399. The minimum atomic E-state index is -1.14. The number of amides is 1. The lowest BCUT2D eigenvalue weighted by molar-refractivity contribution is -0.384. The van der Waals surface area contributed by atoms with Gasteiger partial charge < -0.3 is 10.4 Å². The van der Waals surface area contributed by atoms with Crippen LogP contribution in [0.3, 0.4) is 0 Å². The van der Waals surface area contributed by atoms with E-state index >= 15 is 0 Å². The summed E-state index contributed by atoms with van der Waals surface area (Å²) < 4.78 is 0. The largest absolute Gasteiger partial charge is 0.383 e. The van der Waals surface area contributed by atoms with E-state index in [0.29, 0.717) is 0 Å². The molecule has 3 rings (SSSR count). The second kappa shape index (κ2) is 6.82. The zero-order valence-corrected chi connectivity index (χ0v) is 14.1. The quantitative estimate of drug-likeness (QED) is 0.610. The molecule has 0 aromatic heterocycles. The smallest absolute Gasteiger partial charge is 0.288 e. The third kappa shape index (κ3) is 3.65. The minimum Gasteiger partial charge on any atom is -0.383 e. The number of halogens is 1. The van der Waals surface area contributed by atoms with E-state index in [0.717, 1.165) is 24.5 Å². The fourth-order valence-corrected chi connectivity index (χ4v) is 3.07. The predicted molar refractivity (Wildman–Crippen MR) is 93.5 cm³/mol. The SMILES string of the molecule is O=C(NCC(O)(c1ccccc1)C1CC1)c1ccc(Cl)c([N+](=O)[O-])c1. The Hall–Kier alpha value is -2.44. The molecule has 2 aromatic carbocycles. The molecule has 0 aliphatic heterocycles. The van der Waals surface area contributed by atoms with Gasteiger partial charge in [0, 0.05) is 11.6 Å². The van der Waals surface area contributed by atoms with Crippen LogP contribution in [0.15, 0.2) is 48.5 Å². The third-order valence-corrected chi connectivity index (χ3v) is 4.77. The molecule has 0 radical (unpaired) electrons. The number of nitrogens with zero attached hydrogens (tertiary/aromatic N) is 1. The molecule has 6 nitrogen and oxygen atoms in total. The van der Waals surface area contributed by atoms with E-state index in [1.54, 1.807) is 0 Å². The van der Waals surface area contributed by atoms with Crippen molar-refractivity contribution in [3.63, 3.8) is 0 Å². The van der Waals surface area contributed by atoms with Crippen molar-refractivity contribution in [3.05, 3.63) is 74.8 Å². The molecule has 1 atom stereocenters. The number of carbonyl (C=O) groups excluding carboxylic acids is 1. The highest BCUT2D eigenvalue weighted by atomic mass is 35.5. The van der Waals surface area contributed by atoms with Gasteiger partial charge in [0.1, 0.15) is 10.6 Å². The second-order valence-corrected chi connectivity index (χ2v) is 6.58. The van der Waals surface area contributed by atoms with Crippen molar-refractivity contribution in [1.82, 2.24) is 5.32 Å². The number of hydrogen-bond acceptors (Lipinski definition) is 4. The first-order valence-corrected chi connectivity index (χ1v) is 8.29. The Bertz CT molecular complexity index is 808. The Labute approximate surface area is 149 Å². The van der Waals surface area contributed by atoms with Gasteiger partial charge in [0.05, 0.1) is 11.5 Å². The number of rotatable bonds is 6. The topological polar surface area (TPSA) is 92.5 Å². The molecule has 2 aromatic rings. The van der Waals surface area contributed by atoms with Crippen molar-refractivity contribution in [2.75, 3.05) is 6.54 Å². The minimum absolute atomic E-state index is 0.0275. The van der Waals surface area contributed by atoms with Crippen LogP contribution < -0.4 is 5.32 Å². The Morgan fingerprint density at radius 2 is 1.96 bits per heavy atom. The molecule has 0 spiro atoms. The van der Waals surface area contributed by atoms with Crippen LogP contribution in [0.4, 0.5) is 5.69 Å². The summed E-state index contributed by atoms with van der Waals surface area (Å²) in [6.07, 6.45) is 1.79. The van der Waals surface area contributed by atoms with Gasteiger partial charge in [0.15, 0.2) is 0 Å². The number of carbonyl (C=O) groups is 1. The summed E-state index contributed by atoms with van der Waals surface area (Å²) in [6, 6.07) is 13.1. The number of aliphatic hydroxyl groups is 1. The van der Waals surface area contributed by atoms with Gasteiger partial charge in [-0.15, -0.1) is 0 Å². The Balaban J connectivity index is 1.77. The van der Waals surface area contributed by atoms with Gasteiger partial charge in [0.25, 0.3) is 11.6 Å². The van der Waals surface area contributed by atoms with Crippen LogP contribution in [0.25, 0.3) is 0 Å². The molecular formula is C18H17ClN2O4. The maximum Gasteiger partial charge on any atom is 0.288 e. The van der Waals surface area contributed by atoms with Crippen molar-refractivity contribution in [3.8, 4) is 0 Å². The molecule has 1 fully saturated rings. The summed E-state index contributed by atoms with van der Waals surface area (Å²) in [5.41, 5.74) is -0.591. The van der Waals surface area contributed by atoms with E-state index in [1.165, 1.54) is 12.1 Å². The van der Waals surface area contributed by atoms with E-state index in [4.69, 9.17) is 11.6 Å². The molecule has 1 unspecified atom stereocenters. The average molecular weight is 361 g/mol. The van der Waals surface area contributed by atoms with E-state index in [-0.39, 0.29) is 28.7 Å². The summed E-state index contributed by atoms with van der Waals surface area (Å²) >= 11 is 5.76. The average Bonchev–Trinajstić information content (AvgIpc) is 3.46. The molecule has 130 valence electrons. The molecule has 1 aliphatic rings. The first-order valence-electron chi connectivity index (χ1n) is 7.92. The lowest BCUT2D eigenvalue weighted by Gasteiger charge is -2.29.